The number of nitrogens with zero attached hydrogens (tertiary/aromatic N) is 6. The number of rotatable bonds is 8. The Morgan fingerprint density at radius 3 is 2.60 bits per heavy atom. The Bertz CT molecular complexity index is 1380. The van der Waals surface area contributed by atoms with Gasteiger partial charge in [0.15, 0.2) is 18.0 Å². The third-order valence-electron chi connectivity index (χ3n) is 6.61. The molecule has 2 aliphatic rings. The van der Waals surface area contributed by atoms with Gasteiger partial charge in [0, 0.05) is 25.2 Å². The lowest BCUT2D eigenvalue weighted by atomic mass is 10.1. The van der Waals surface area contributed by atoms with Crippen molar-refractivity contribution >= 4 is 35.8 Å². The number of urea groups is 1. The number of methoxy groups -OCH3 is 1. The van der Waals surface area contributed by atoms with Gasteiger partial charge in [-0.05, 0) is 25.1 Å². The number of nitrogens with one attached hydrogen (secondary N) is 1. The van der Waals surface area contributed by atoms with Crippen LogP contribution in [0.25, 0.3) is 11.3 Å². The molecule has 212 valence electrons. The number of hydrogen-bond acceptors (Lipinski definition) is 9. The summed E-state index contributed by atoms with van der Waals surface area (Å²) >= 11 is 0. The molecule has 12 nitrogen and oxygen atoms in total. The van der Waals surface area contributed by atoms with E-state index in [0.717, 1.165) is 18.1 Å². The average Bonchev–Trinajstić information content (AvgIpc) is 3.38. The van der Waals surface area contributed by atoms with Gasteiger partial charge in [-0.15, -0.1) is 0 Å². The number of Topliss-reactive ketones (excluding diaryl/α,β-unsaturated/α-hetero) is 1. The summed E-state index contributed by atoms with van der Waals surface area (Å²) in [6, 6.07) is 2.60. The Balaban J connectivity index is 1.53. The molecule has 2 aromatic rings. The summed E-state index contributed by atoms with van der Waals surface area (Å²) < 4.78 is 45.0. The minimum Gasteiger partial charge on any atom is -0.481 e. The number of anilines is 1. The number of aliphatic imine (C=N–C) groups is 1. The van der Waals surface area contributed by atoms with Crippen molar-refractivity contribution in [2.24, 2.45) is 4.99 Å². The lowest BCUT2D eigenvalue weighted by molar-refractivity contribution is -0.141. The Kier molecular flexibility index (Phi) is 7.75. The van der Waals surface area contributed by atoms with Crippen molar-refractivity contribution in [2.75, 3.05) is 26.0 Å². The van der Waals surface area contributed by atoms with Gasteiger partial charge in [-0.25, -0.2) is 19.8 Å². The average molecular weight is 562 g/mol. The van der Waals surface area contributed by atoms with Crippen LogP contribution in [-0.2, 0) is 20.6 Å². The molecule has 0 saturated carbocycles. The summed E-state index contributed by atoms with van der Waals surface area (Å²) in [4.78, 5) is 66.7. The number of ether oxygens (including phenoxy) is 1. The SMILES string of the molecule is CCC(=O)CN1C(=O)C2C(N=CN2[C@@H](C)C(=O)Nc2cccc(-c3cnc(OC)c(C(F)(F)F)c3)n2)N(C)C1=O. The van der Waals surface area contributed by atoms with Gasteiger partial charge in [0.25, 0.3) is 5.91 Å². The van der Waals surface area contributed by atoms with Gasteiger partial charge in [-0.2, -0.15) is 13.2 Å². The Hall–Kier alpha value is -4.56. The van der Waals surface area contributed by atoms with E-state index in [1.807, 2.05) is 0 Å². The summed E-state index contributed by atoms with van der Waals surface area (Å²) in [6.45, 7) is 2.75. The summed E-state index contributed by atoms with van der Waals surface area (Å²) in [5.41, 5.74) is -0.905. The molecule has 0 aliphatic carbocycles. The predicted octanol–water partition coefficient (Wildman–Crippen LogP) is 2.41. The smallest absolute Gasteiger partial charge is 0.421 e. The van der Waals surface area contributed by atoms with Crippen LogP contribution in [0.1, 0.15) is 25.8 Å². The number of halogens is 3. The van der Waals surface area contributed by atoms with Crippen LogP contribution in [0.2, 0.25) is 0 Å². The van der Waals surface area contributed by atoms with E-state index in [2.05, 4.69) is 20.3 Å². The van der Waals surface area contributed by atoms with E-state index in [1.54, 1.807) is 6.92 Å². The molecule has 0 bridgehead atoms. The number of imide groups is 1. The first kappa shape index (κ1) is 28.4. The minimum absolute atomic E-state index is 0.0452. The number of alkyl halides is 3. The monoisotopic (exact) mass is 561 g/mol. The summed E-state index contributed by atoms with van der Waals surface area (Å²) in [5.74, 6) is -2.08. The molecule has 1 fully saturated rings. The van der Waals surface area contributed by atoms with Gasteiger partial charge in [-0.3, -0.25) is 19.3 Å². The molecule has 4 rings (SSSR count). The van der Waals surface area contributed by atoms with Crippen LogP contribution in [0, 0.1) is 0 Å². The summed E-state index contributed by atoms with van der Waals surface area (Å²) in [6.07, 6.45) is -2.97. The van der Waals surface area contributed by atoms with Gasteiger partial charge in [0.05, 0.1) is 25.7 Å². The molecule has 2 unspecified atom stereocenters. The molecule has 3 atom stereocenters. The number of ketones is 1. The lowest BCUT2D eigenvalue weighted by Crippen LogP contribution is -2.66. The van der Waals surface area contributed by atoms with Crippen LogP contribution >= 0.6 is 0 Å². The number of aromatic nitrogens is 2. The second-order valence-corrected chi connectivity index (χ2v) is 9.13. The van der Waals surface area contributed by atoms with Gasteiger partial charge >= 0.3 is 12.2 Å². The van der Waals surface area contributed by atoms with Crippen molar-refractivity contribution < 1.29 is 37.1 Å². The maximum absolute atomic E-state index is 13.4. The number of pyridine rings is 2. The predicted molar refractivity (Wildman–Crippen MR) is 135 cm³/mol. The highest BCUT2D eigenvalue weighted by atomic mass is 19.4. The van der Waals surface area contributed by atoms with E-state index >= 15 is 0 Å². The Morgan fingerprint density at radius 2 is 1.95 bits per heavy atom. The molecule has 0 radical (unpaired) electrons. The zero-order chi connectivity index (χ0) is 29.4. The number of fused-ring (bicyclic) bond motifs is 1. The van der Waals surface area contributed by atoms with E-state index in [9.17, 15) is 32.3 Å². The molecule has 4 amide bonds. The second-order valence-electron chi connectivity index (χ2n) is 9.13. The molecule has 15 heteroatoms. The Morgan fingerprint density at radius 1 is 1.23 bits per heavy atom. The molecular weight excluding hydrogens is 535 g/mol. The third kappa shape index (κ3) is 5.31. The van der Waals surface area contributed by atoms with Crippen molar-refractivity contribution in [3.05, 3.63) is 36.0 Å². The minimum atomic E-state index is -4.71. The third-order valence-corrected chi connectivity index (χ3v) is 6.61. The summed E-state index contributed by atoms with van der Waals surface area (Å²) in [5, 5.41) is 2.60. The molecule has 2 aliphatic heterocycles. The van der Waals surface area contributed by atoms with Gasteiger partial charge in [0.2, 0.25) is 11.8 Å². The second kappa shape index (κ2) is 10.9. The van der Waals surface area contributed by atoms with E-state index in [4.69, 9.17) is 4.74 Å². The van der Waals surface area contributed by atoms with E-state index < -0.39 is 53.7 Å². The standard InChI is InChI=1S/C25H26F3N7O5/c1-5-15(36)11-34-23(38)19-20(33(3)24(34)39)30-12-35(19)13(2)21(37)32-18-8-6-7-17(31-18)14-9-16(25(26,27)28)22(40-4)29-10-14/h6-10,12-13,19-20H,5,11H2,1-4H3,(H,31,32,37)/t13-,19?,20?/m0/s1. The fourth-order valence-electron chi connectivity index (χ4n) is 4.34. The van der Waals surface area contributed by atoms with Gasteiger partial charge in [-0.1, -0.05) is 13.0 Å². The highest BCUT2D eigenvalue weighted by Crippen LogP contribution is 2.37. The summed E-state index contributed by atoms with van der Waals surface area (Å²) in [7, 11) is 2.54. The molecule has 1 N–H and O–H groups in total. The van der Waals surface area contributed by atoms with Crippen molar-refractivity contribution in [1.82, 2.24) is 24.7 Å². The van der Waals surface area contributed by atoms with E-state index in [1.165, 1.54) is 54.5 Å². The van der Waals surface area contributed by atoms with Gasteiger partial charge < -0.3 is 19.9 Å². The van der Waals surface area contributed by atoms with E-state index in [0.29, 0.717) is 0 Å². The normalized spacial score (nSPS) is 19.5. The van der Waals surface area contributed by atoms with Crippen LogP contribution in [0.15, 0.2) is 35.5 Å². The quantitative estimate of drug-likeness (QED) is 0.519. The molecule has 1 saturated heterocycles. The van der Waals surface area contributed by atoms with Crippen molar-refractivity contribution in [1.29, 1.82) is 0 Å². The van der Waals surface area contributed by atoms with Crippen LogP contribution in [-0.4, -0.2) is 93.6 Å². The first-order chi connectivity index (χ1) is 18.9. The number of likely N-dealkylation sites (N-methyl/N-ethyl adjacent to an activating group) is 1. The fourth-order valence-corrected chi connectivity index (χ4v) is 4.34. The fraction of sp³-hybridized carbons (Fsp3) is 0.400. The topological polar surface area (TPSA) is 137 Å². The highest BCUT2D eigenvalue weighted by molar-refractivity contribution is 6.05. The Labute approximate surface area is 226 Å². The van der Waals surface area contributed by atoms with Crippen molar-refractivity contribution in [3.8, 4) is 17.1 Å². The zero-order valence-corrected chi connectivity index (χ0v) is 22.0. The highest BCUT2D eigenvalue weighted by Gasteiger charge is 2.51. The van der Waals surface area contributed by atoms with Crippen molar-refractivity contribution in [2.45, 2.75) is 44.7 Å². The molecule has 0 spiro atoms. The first-order valence-corrected chi connectivity index (χ1v) is 12.2. The number of carbonyl (C=O) groups is 4. The number of carbonyl (C=O) groups excluding carboxylic acids is 4. The number of hydrogen-bond donors (Lipinski definition) is 1. The molecule has 40 heavy (non-hydrogen) atoms. The van der Waals surface area contributed by atoms with Crippen molar-refractivity contribution in [3.63, 3.8) is 0 Å². The van der Waals surface area contributed by atoms with Gasteiger partial charge in [0.1, 0.15) is 17.4 Å². The number of amides is 4. The molecule has 4 heterocycles. The van der Waals surface area contributed by atoms with Crippen LogP contribution in [0.4, 0.5) is 23.8 Å². The van der Waals surface area contributed by atoms with Crippen LogP contribution < -0.4 is 10.1 Å². The largest absolute Gasteiger partial charge is 0.481 e. The molecule has 2 aromatic heterocycles. The van der Waals surface area contributed by atoms with E-state index in [-0.39, 0.29) is 35.8 Å². The lowest BCUT2D eigenvalue weighted by Gasteiger charge is -2.42. The zero-order valence-electron chi connectivity index (χ0n) is 22.0. The van der Waals surface area contributed by atoms with Crippen LogP contribution in [0.5, 0.6) is 5.88 Å². The molecular formula is C25H26F3N7O5. The van der Waals surface area contributed by atoms with Crippen LogP contribution in [0.3, 0.4) is 0 Å². The maximum atomic E-state index is 13.4. The first-order valence-electron chi connectivity index (χ1n) is 12.2. The molecule has 0 aromatic carbocycles. The maximum Gasteiger partial charge on any atom is 0.421 e.